The fraction of sp³-hybridized carbons (Fsp3) is 0.625. The predicted molar refractivity (Wildman–Crippen MR) is 43.6 cm³/mol. The molecule has 0 amide bonds. The van der Waals surface area contributed by atoms with Crippen LogP contribution >= 0.6 is 0 Å². The normalized spacial score (nSPS) is 17.2. The average Bonchev–Trinajstić information content (AvgIpc) is 1.84. The summed E-state index contributed by atoms with van der Waals surface area (Å²) in [5.74, 6) is -0.976. The summed E-state index contributed by atoms with van der Waals surface area (Å²) >= 11 is 0. The number of carboxylic acid groups (broad SMARTS) is 1. The number of rotatable bonds is 4. The highest BCUT2D eigenvalue weighted by atomic mass is 16.6. The van der Waals surface area contributed by atoms with Crippen LogP contribution < -0.4 is 0 Å². The Morgan fingerprint density at radius 1 is 1.50 bits per heavy atom. The summed E-state index contributed by atoms with van der Waals surface area (Å²) in [4.78, 5) is 10.3. The molecule has 0 fully saturated rings. The van der Waals surface area contributed by atoms with Crippen molar-refractivity contribution in [3.63, 3.8) is 0 Å². The summed E-state index contributed by atoms with van der Waals surface area (Å²) in [5, 5.41) is 17.3. The third-order valence-electron chi connectivity index (χ3n) is 1.23. The molecule has 0 bridgehead atoms. The Morgan fingerprint density at radius 3 is 2.33 bits per heavy atom. The molecular formula is C8H14O4. The van der Waals surface area contributed by atoms with Gasteiger partial charge in [0.05, 0.1) is 6.10 Å². The Morgan fingerprint density at radius 2 is 2.00 bits per heavy atom. The molecule has 4 nitrogen and oxygen atoms in total. The molecule has 0 aliphatic carbocycles. The van der Waals surface area contributed by atoms with Crippen LogP contribution in [-0.2, 0) is 9.53 Å². The van der Waals surface area contributed by atoms with Gasteiger partial charge in [-0.3, -0.25) is 0 Å². The van der Waals surface area contributed by atoms with E-state index in [4.69, 9.17) is 14.9 Å². The molecule has 0 aromatic carbocycles. The van der Waals surface area contributed by atoms with E-state index in [0.29, 0.717) is 0 Å². The minimum atomic E-state index is -0.976. The second kappa shape index (κ2) is 4.90. The van der Waals surface area contributed by atoms with Gasteiger partial charge in [-0.25, -0.2) is 4.79 Å². The van der Waals surface area contributed by atoms with Crippen molar-refractivity contribution in [2.75, 3.05) is 0 Å². The standard InChI is InChI=1S/C8H14O4/c1-5(8(10)11)4-6(2)12-7(3)9/h4,6-7,9H,1-3H3,(H,10,11). The lowest BCUT2D eigenvalue weighted by Gasteiger charge is -2.11. The lowest BCUT2D eigenvalue weighted by atomic mass is 10.2. The van der Waals surface area contributed by atoms with Gasteiger partial charge < -0.3 is 14.9 Å². The Hall–Kier alpha value is -0.870. The molecule has 0 rings (SSSR count). The van der Waals surface area contributed by atoms with E-state index in [1.807, 2.05) is 0 Å². The molecule has 0 aliphatic rings. The van der Waals surface area contributed by atoms with Gasteiger partial charge >= 0.3 is 5.97 Å². The zero-order chi connectivity index (χ0) is 9.72. The number of aliphatic hydroxyl groups excluding tert-OH is 1. The summed E-state index contributed by atoms with van der Waals surface area (Å²) in [6.45, 7) is 4.61. The van der Waals surface area contributed by atoms with Crippen LogP contribution in [0, 0.1) is 0 Å². The van der Waals surface area contributed by atoms with E-state index >= 15 is 0 Å². The molecular weight excluding hydrogens is 160 g/mol. The number of hydrogen-bond acceptors (Lipinski definition) is 3. The van der Waals surface area contributed by atoms with Gasteiger partial charge in [0.25, 0.3) is 0 Å². The van der Waals surface area contributed by atoms with Crippen molar-refractivity contribution in [3.05, 3.63) is 11.6 Å². The molecule has 0 aliphatic heterocycles. The lowest BCUT2D eigenvalue weighted by Crippen LogP contribution is -2.15. The monoisotopic (exact) mass is 174 g/mol. The Kier molecular flexibility index (Phi) is 4.54. The maximum absolute atomic E-state index is 10.3. The summed E-state index contributed by atoms with van der Waals surface area (Å²) in [5.41, 5.74) is 0.211. The first-order chi connectivity index (χ1) is 5.43. The second-order valence-electron chi connectivity index (χ2n) is 2.60. The highest BCUT2D eigenvalue weighted by Gasteiger charge is 2.05. The zero-order valence-electron chi connectivity index (χ0n) is 7.44. The quantitative estimate of drug-likeness (QED) is 0.487. The van der Waals surface area contributed by atoms with Crippen molar-refractivity contribution in [2.24, 2.45) is 0 Å². The predicted octanol–water partition coefficient (Wildman–Crippen LogP) is 0.761. The Labute approximate surface area is 71.5 Å². The largest absolute Gasteiger partial charge is 0.478 e. The molecule has 0 heterocycles. The van der Waals surface area contributed by atoms with Gasteiger partial charge in [0.15, 0.2) is 6.29 Å². The number of ether oxygens (including phenoxy) is 1. The molecule has 2 N–H and O–H groups in total. The van der Waals surface area contributed by atoms with Crippen molar-refractivity contribution in [1.29, 1.82) is 0 Å². The second-order valence-corrected chi connectivity index (χ2v) is 2.60. The lowest BCUT2D eigenvalue weighted by molar-refractivity contribution is -0.133. The topological polar surface area (TPSA) is 66.8 Å². The van der Waals surface area contributed by atoms with Gasteiger partial charge in [-0.15, -0.1) is 0 Å². The molecule has 2 unspecified atom stereocenters. The number of carboxylic acids is 1. The molecule has 2 atom stereocenters. The van der Waals surface area contributed by atoms with Crippen LogP contribution in [0.5, 0.6) is 0 Å². The molecule has 4 heteroatoms. The molecule has 0 saturated heterocycles. The maximum atomic E-state index is 10.3. The van der Waals surface area contributed by atoms with Crippen molar-refractivity contribution >= 4 is 5.97 Å². The zero-order valence-corrected chi connectivity index (χ0v) is 7.44. The highest BCUT2D eigenvalue weighted by molar-refractivity contribution is 5.85. The smallest absolute Gasteiger partial charge is 0.331 e. The minimum absolute atomic E-state index is 0.211. The van der Waals surface area contributed by atoms with Crippen LogP contribution in [0.1, 0.15) is 20.8 Å². The molecule has 12 heavy (non-hydrogen) atoms. The fourth-order valence-corrected chi connectivity index (χ4v) is 0.773. The highest BCUT2D eigenvalue weighted by Crippen LogP contribution is 2.01. The fourth-order valence-electron chi connectivity index (χ4n) is 0.773. The van der Waals surface area contributed by atoms with Crippen LogP contribution in [0.25, 0.3) is 0 Å². The van der Waals surface area contributed by atoms with Crippen LogP contribution in [-0.4, -0.2) is 28.6 Å². The third kappa shape index (κ3) is 4.87. The number of aliphatic carboxylic acids is 1. The number of aliphatic hydroxyl groups is 1. The first-order valence-electron chi connectivity index (χ1n) is 3.68. The maximum Gasteiger partial charge on any atom is 0.331 e. The Balaban J connectivity index is 4.05. The average molecular weight is 174 g/mol. The summed E-state index contributed by atoms with van der Waals surface area (Å²) in [7, 11) is 0. The van der Waals surface area contributed by atoms with Crippen LogP contribution in [0.4, 0.5) is 0 Å². The van der Waals surface area contributed by atoms with Gasteiger partial charge in [0, 0.05) is 5.57 Å². The van der Waals surface area contributed by atoms with Crippen molar-refractivity contribution in [3.8, 4) is 0 Å². The molecule has 0 spiro atoms. The van der Waals surface area contributed by atoms with E-state index in [2.05, 4.69) is 0 Å². The first-order valence-corrected chi connectivity index (χ1v) is 3.68. The van der Waals surface area contributed by atoms with E-state index in [1.165, 1.54) is 19.9 Å². The van der Waals surface area contributed by atoms with E-state index in [1.54, 1.807) is 6.92 Å². The van der Waals surface area contributed by atoms with E-state index < -0.39 is 12.3 Å². The molecule has 70 valence electrons. The molecule has 0 aromatic rings. The Bertz CT molecular complexity index is 183. The molecule has 0 aromatic heterocycles. The molecule has 0 saturated carbocycles. The van der Waals surface area contributed by atoms with Crippen molar-refractivity contribution in [1.82, 2.24) is 0 Å². The SMILES string of the molecule is CC(=CC(C)OC(C)O)C(=O)O. The third-order valence-corrected chi connectivity index (χ3v) is 1.23. The number of hydrogen-bond donors (Lipinski definition) is 2. The number of carbonyl (C=O) groups is 1. The van der Waals surface area contributed by atoms with Crippen LogP contribution in [0.3, 0.4) is 0 Å². The van der Waals surface area contributed by atoms with E-state index in [-0.39, 0.29) is 11.7 Å². The van der Waals surface area contributed by atoms with Gasteiger partial charge in [-0.05, 0) is 26.8 Å². The summed E-state index contributed by atoms with van der Waals surface area (Å²) in [6.07, 6.45) is 0.175. The first kappa shape index (κ1) is 11.1. The van der Waals surface area contributed by atoms with Crippen molar-refractivity contribution in [2.45, 2.75) is 33.2 Å². The van der Waals surface area contributed by atoms with E-state index in [0.717, 1.165) is 0 Å². The van der Waals surface area contributed by atoms with Crippen LogP contribution in [0.15, 0.2) is 11.6 Å². The van der Waals surface area contributed by atoms with Gasteiger partial charge in [0.2, 0.25) is 0 Å². The molecule has 0 radical (unpaired) electrons. The van der Waals surface area contributed by atoms with Crippen LogP contribution in [0.2, 0.25) is 0 Å². The van der Waals surface area contributed by atoms with Gasteiger partial charge in [0.1, 0.15) is 0 Å². The van der Waals surface area contributed by atoms with Gasteiger partial charge in [-0.1, -0.05) is 0 Å². The van der Waals surface area contributed by atoms with Gasteiger partial charge in [-0.2, -0.15) is 0 Å². The van der Waals surface area contributed by atoms with Crippen molar-refractivity contribution < 1.29 is 19.7 Å². The minimum Gasteiger partial charge on any atom is -0.478 e. The van der Waals surface area contributed by atoms with E-state index in [9.17, 15) is 4.79 Å². The summed E-state index contributed by atoms with van der Waals surface area (Å²) in [6, 6.07) is 0. The summed E-state index contributed by atoms with van der Waals surface area (Å²) < 4.78 is 4.89.